The maximum Gasteiger partial charge on any atom is 0.0790 e. The molecule has 102 valence electrons. The van der Waals surface area contributed by atoms with Gasteiger partial charge in [0, 0.05) is 0 Å². The number of hydrogen-bond acceptors (Lipinski definition) is 1. The summed E-state index contributed by atoms with van der Waals surface area (Å²) in [5.74, 6) is 0. The van der Waals surface area contributed by atoms with E-state index in [2.05, 4.69) is 52.0 Å². The molecule has 1 aromatic carbocycles. The van der Waals surface area contributed by atoms with Gasteiger partial charge in [-0.1, -0.05) is 71.2 Å². The second-order valence-corrected chi connectivity index (χ2v) is 5.87. The average molecular weight is 248 g/mol. The molecule has 0 aliphatic carbocycles. The maximum absolute atomic E-state index is 10.1. The zero-order valence-corrected chi connectivity index (χ0v) is 12.4. The highest BCUT2D eigenvalue weighted by atomic mass is 16.3. The molecule has 0 amide bonds. The third-order valence-electron chi connectivity index (χ3n) is 4.04. The molecule has 0 radical (unpaired) electrons. The van der Waals surface area contributed by atoms with Crippen molar-refractivity contribution in [2.45, 2.75) is 71.3 Å². The van der Waals surface area contributed by atoms with Crippen molar-refractivity contribution in [3.63, 3.8) is 0 Å². The van der Waals surface area contributed by atoms with Gasteiger partial charge in [-0.3, -0.25) is 0 Å². The third kappa shape index (κ3) is 4.13. The fourth-order valence-electron chi connectivity index (χ4n) is 2.11. The maximum atomic E-state index is 10.1. The lowest BCUT2D eigenvalue weighted by molar-refractivity contribution is 0.163. The Kier molecular flexibility index (Phi) is 5.87. The molecule has 1 N–H and O–H groups in total. The Hall–Kier alpha value is -0.820. The molecular weight excluding hydrogens is 220 g/mol. The van der Waals surface area contributed by atoms with Crippen LogP contribution in [0.15, 0.2) is 24.3 Å². The number of hydrogen-bond donors (Lipinski definition) is 1. The normalized spacial score (nSPS) is 13.6. The van der Waals surface area contributed by atoms with Gasteiger partial charge in [0.05, 0.1) is 6.10 Å². The molecule has 0 aromatic heterocycles. The topological polar surface area (TPSA) is 20.2 Å². The molecule has 0 bridgehead atoms. The Morgan fingerprint density at radius 3 is 2.17 bits per heavy atom. The van der Waals surface area contributed by atoms with Crippen LogP contribution in [0.1, 0.15) is 77.0 Å². The fourth-order valence-corrected chi connectivity index (χ4v) is 2.11. The number of rotatable bonds is 7. The van der Waals surface area contributed by atoms with Crippen LogP contribution in [0, 0.1) is 0 Å². The predicted octanol–water partition coefficient (Wildman–Crippen LogP) is 4.99. The fraction of sp³-hybridized carbons (Fsp3) is 0.647. The summed E-state index contributed by atoms with van der Waals surface area (Å²) in [6.45, 7) is 8.93. The molecule has 0 heterocycles. The molecule has 18 heavy (non-hydrogen) atoms. The SMILES string of the molecule is CCCCCC(O)c1ccc(C(C)(C)CC)cc1. The summed E-state index contributed by atoms with van der Waals surface area (Å²) in [6, 6.07) is 8.51. The van der Waals surface area contributed by atoms with Crippen molar-refractivity contribution in [1.82, 2.24) is 0 Å². The summed E-state index contributed by atoms with van der Waals surface area (Å²) in [6.07, 6.45) is 5.24. The van der Waals surface area contributed by atoms with Crippen LogP contribution in [0.2, 0.25) is 0 Å². The van der Waals surface area contributed by atoms with E-state index in [4.69, 9.17) is 0 Å². The minimum Gasteiger partial charge on any atom is -0.388 e. The van der Waals surface area contributed by atoms with Crippen LogP contribution in [0.3, 0.4) is 0 Å². The van der Waals surface area contributed by atoms with Gasteiger partial charge >= 0.3 is 0 Å². The van der Waals surface area contributed by atoms with Gasteiger partial charge in [-0.2, -0.15) is 0 Å². The molecule has 1 unspecified atom stereocenters. The second-order valence-electron chi connectivity index (χ2n) is 5.87. The van der Waals surface area contributed by atoms with E-state index in [9.17, 15) is 5.11 Å². The largest absolute Gasteiger partial charge is 0.388 e. The van der Waals surface area contributed by atoms with Gasteiger partial charge in [0.25, 0.3) is 0 Å². The van der Waals surface area contributed by atoms with Crippen molar-refractivity contribution in [3.05, 3.63) is 35.4 Å². The summed E-state index contributed by atoms with van der Waals surface area (Å²) in [5.41, 5.74) is 2.64. The van der Waals surface area contributed by atoms with Crippen LogP contribution in [0.25, 0.3) is 0 Å². The van der Waals surface area contributed by atoms with Crippen LogP contribution >= 0.6 is 0 Å². The first-order valence-electron chi connectivity index (χ1n) is 7.29. The van der Waals surface area contributed by atoms with E-state index in [1.807, 2.05) is 0 Å². The van der Waals surface area contributed by atoms with Gasteiger partial charge in [0.1, 0.15) is 0 Å². The molecule has 1 nitrogen and oxygen atoms in total. The van der Waals surface area contributed by atoms with Crippen LogP contribution < -0.4 is 0 Å². The summed E-state index contributed by atoms with van der Waals surface area (Å²) in [7, 11) is 0. The van der Waals surface area contributed by atoms with Crippen molar-refractivity contribution in [2.75, 3.05) is 0 Å². The molecule has 0 fully saturated rings. The summed E-state index contributed by atoms with van der Waals surface area (Å²) in [5, 5.41) is 10.1. The first kappa shape index (κ1) is 15.2. The highest BCUT2D eigenvalue weighted by molar-refractivity contribution is 5.29. The van der Waals surface area contributed by atoms with Gasteiger partial charge in [-0.15, -0.1) is 0 Å². The minimum atomic E-state index is -0.296. The van der Waals surface area contributed by atoms with Crippen LogP contribution in [-0.4, -0.2) is 5.11 Å². The Morgan fingerprint density at radius 1 is 1.06 bits per heavy atom. The van der Waals surface area contributed by atoms with E-state index in [1.165, 1.54) is 18.4 Å². The molecular formula is C17H28O. The summed E-state index contributed by atoms with van der Waals surface area (Å²) in [4.78, 5) is 0. The van der Waals surface area contributed by atoms with Crippen molar-refractivity contribution in [1.29, 1.82) is 0 Å². The lowest BCUT2D eigenvalue weighted by Gasteiger charge is -2.24. The third-order valence-corrected chi connectivity index (χ3v) is 4.04. The Bertz CT molecular complexity index is 337. The average Bonchev–Trinajstić information content (AvgIpc) is 2.39. The van der Waals surface area contributed by atoms with E-state index in [0.717, 1.165) is 24.8 Å². The smallest absolute Gasteiger partial charge is 0.0790 e. The summed E-state index contributed by atoms with van der Waals surface area (Å²) < 4.78 is 0. The van der Waals surface area contributed by atoms with Crippen molar-refractivity contribution in [3.8, 4) is 0 Å². The quantitative estimate of drug-likeness (QED) is 0.674. The van der Waals surface area contributed by atoms with E-state index < -0.39 is 0 Å². The number of aliphatic hydroxyl groups excluding tert-OH is 1. The first-order valence-corrected chi connectivity index (χ1v) is 7.29. The molecule has 0 saturated carbocycles. The van der Waals surface area contributed by atoms with Crippen molar-refractivity contribution in [2.24, 2.45) is 0 Å². The zero-order chi connectivity index (χ0) is 13.6. The van der Waals surface area contributed by atoms with Gasteiger partial charge in [0.2, 0.25) is 0 Å². The number of unbranched alkanes of at least 4 members (excludes halogenated alkanes) is 2. The number of aliphatic hydroxyl groups is 1. The van der Waals surface area contributed by atoms with Crippen molar-refractivity contribution >= 4 is 0 Å². The highest BCUT2D eigenvalue weighted by Gasteiger charge is 2.18. The molecule has 1 heteroatoms. The molecule has 0 spiro atoms. The molecule has 0 aliphatic heterocycles. The monoisotopic (exact) mass is 248 g/mol. The summed E-state index contributed by atoms with van der Waals surface area (Å²) >= 11 is 0. The van der Waals surface area contributed by atoms with Crippen LogP contribution in [0.4, 0.5) is 0 Å². The van der Waals surface area contributed by atoms with Gasteiger partial charge in [-0.25, -0.2) is 0 Å². The van der Waals surface area contributed by atoms with Gasteiger partial charge in [-0.05, 0) is 29.4 Å². The molecule has 1 rings (SSSR count). The van der Waals surface area contributed by atoms with E-state index in [-0.39, 0.29) is 11.5 Å². The predicted molar refractivity (Wildman–Crippen MR) is 78.9 cm³/mol. The Labute approximate surface area is 112 Å². The van der Waals surface area contributed by atoms with E-state index >= 15 is 0 Å². The molecule has 0 aliphatic rings. The van der Waals surface area contributed by atoms with Crippen molar-refractivity contribution < 1.29 is 5.11 Å². The lowest BCUT2D eigenvalue weighted by Crippen LogP contribution is -2.15. The zero-order valence-electron chi connectivity index (χ0n) is 12.4. The molecule has 0 saturated heterocycles. The Balaban J connectivity index is 2.65. The van der Waals surface area contributed by atoms with Crippen LogP contribution in [-0.2, 0) is 5.41 Å². The Morgan fingerprint density at radius 2 is 1.67 bits per heavy atom. The minimum absolute atomic E-state index is 0.228. The van der Waals surface area contributed by atoms with Gasteiger partial charge in [0.15, 0.2) is 0 Å². The molecule has 1 atom stereocenters. The van der Waals surface area contributed by atoms with E-state index in [0.29, 0.717) is 0 Å². The second kappa shape index (κ2) is 6.94. The van der Waals surface area contributed by atoms with Gasteiger partial charge < -0.3 is 5.11 Å². The molecule has 1 aromatic rings. The standard InChI is InChI=1S/C17H28O/c1-5-7-8-9-16(18)14-10-12-15(13-11-14)17(3,4)6-2/h10-13,16,18H,5-9H2,1-4H3. The highest BCUT2D eigenvalue weighted by Crippen LogP contribution is 2.28. The first-order chi connectivity index (χ1) is 8.51. The number of benzene rings is 1. The van der Waals surface area contributed by atoms with Crippen LogP contribution in [0.5, 0.6) is 0 Å². The lowest BCUT2D eigenvalue weighted by atomic mass is 9.82. The van der Waals surface area contributed by atoms with E-state index in [1.54, 1.807) is 0 Å².